The number of allylic oxidation sites excluding steroid dienone is 4. The molecule has 0 aliphatic carbocycles. The lowest BCUT2D eigenvalue weighted by atomic mass is 9.95. The first-order valence-electron chi connectivity index (χ1n) is 9.25. The first-order valence-corrected chi connectivity index (χ1v) is 9.25. The van der Waals surface area contributed by atoms with E-state index in [4.69, 9.17) is 0 Å². The highest BCUT2D eigenvalue weighted by molar-refractivity contribution is 6.09. The summed E-state index contributed by atoms with van der Waals surface area (Å²) in [7, 11) is 4.33. The number of benzene rings is 2. The van der Waals surface area contributed by atoms with Crippen molar-refractivity contribution in [2.75, 3.05) is 27.2 Å². The Bertz CT molecular complexity index is 833. The Morgan fingerprint density at radius 2 is 1.11 bits per heavy atom. The Morgan fingerprint density at radius 3 is 1.50 bits per heavy atom. The number of quaternary nitrogens is 1. The van der Waals surface area contributed by atoms with Crippen LogP contribution in [0, 0.1) is 0 Å². The number of Topliss-reactive ketones (excluding diaryl/α,β-unsaturated/α-hetero) is 1. The number of hydrogen-bond donors (Lipinski definition) is 0. The quantitative estimate of drug-likeness (QED) is 0.369. The lowest BCUT2D eigenvalue weighted by Crippen LogP contribution is -3.00. The molecule has 0 bridgehead atoms. The fraction of sp³-hybridized carbons (Fsp3) is 0.160. The molecule has 0 aromatic heterocycles. The maximum absolute atomic E-state index is 12.9. The monoisotopic (exact) mass is 483 g/mol. The molecule has 0 amide bonds. The molecule has 2 aromatic carbocycles. The minimum Gasteiger partial charge on any atom is -1.00 e. The summed E-state index contributed by atoms with van der Waals surface area (Å²) in [6.45, 7) is 1.50. The summed E-state index contributed by atoms with van der Waals surface area (Å²) in [5.74, 6) is 0.155. The summed E-state index contributed by atoms with van der Waals surface area (Å²) in [6.07, 6.45) is 11.9. The summed E-state index contributed by atoms with van der Waals surface area (Å²) < 4.78 is 0.780. The molecule has 3 rings (SSSR count). The predicted molar refractivity (Wildman–Crippen MR) is 114 cm³/mol. The van der Waals surface area contributed by atoms with Crippen molar-refractivity contribution < 1.29 is 33.3 Å². The van der Waals surface area contributed by atoms with Gasteiger partial charge in [-0.15, -0.1) is 0 Å². The third-order valence-electron chi connectivity index (χ3n) is 4.55. The standard InChI is InChI=1S/C25H26NO.HI/c1-26(2)19-23(17-9-15-21-11-5-3-6-12-21)25(27)24(20-26)18-10-16-22-13-7-4-8-14-22;/h3-18H,19-20H2,1-2H3;1H/q+1;/p-1/b15-9+,16-10+,23-17-,24-18+;. The molecule has 1 aliphatic rings. The van der Waals surface area contributed by atoms with Crippen LogP contribution in [0.15, 0.2) is 96.1 Å². The van der Waals surface area contributed by atoms with E-state index in [0.717, 1.165) is 39.8 Å². The number of carbonyl (C=O) groups is 1. The second kappa shape index (κ2) is 10.3. The zero-order valence-electron chi connectivity index (χ0n) is 16.4. The third-order valence-corrected chi connectivity index (χ3v) is 4.55. The van der Waals surface area contributed by atoms with E-state index in [1.165, 1.54) is 0 Å². The van der Waals surface area contributed by atoms with Gasteiger partial charge >= 0.3 is 0 Å². The van der Waals surface area contributed by atoms with E-state index in [9.17, 15) is 4.79 Å². The smallest absolute Gasteiger partial charge is 0.196 e. The molecule has 2 nitrogen and oxygen atoms in total. The molecule has 28 heavy (non-hydrogen) atoms. The highest BCUT2D eigenvalue weighted by Crippen LogP contribution is 2.21. The number of nitrogens with zero attached hydrogens (tertiary/aromatic N) is 1. The molecule has 1 saturated heterocycles. The number of piperidine rings is 1. The van der Waals surface area contributed by atoms with Crippen LogP contribution in [0.2, 0.25) is 0 Å². The fourth-order valence-electron chi connectivity index (χ4n) is 3.26. The first kappa shape index (κ1) is 22.1. The van der Waals surface area contributed by atoms with Gasteiger partial charge in [-0.05, 0) is 23.3 Å². The van der Waals surface area contributed by atoms with E-state index in [1.54, 1.807) is 0 Å². The molecule has 0 saturated carbocycles. The topological polar surface area (TPSA) is 17.1 Å². The van der Waals surface area contributed by atoms with Gasteiger partial charge in [0.1, 0.15) is 13.1 Å². The lowest BCUT2D eigenvalue weighted by molar-refractivity contribution is -0.881. The van der Waals surface area contributed by atoms with Crippen LogP contribution in [0.4, 0.5) is 0 Å². The van der Waals surface area contributed by atoms with E-state index >= 15 is 0 Å². The molecule has 0 atom stereocenters. The lowest BCUT2D eigenvalue weighted by Gasteiger charge is -2.35. The Balaban J connectivity index is 0.00000280. The van der Waals surface area contributed by atoms with Gasteiger partial charge < -0.3 is 28.5 Å². The van der Waals surface area contributed by atoms with Crippen molar-refractivity contribution in [3.8, 4) is 0 Å². The largest absolute Gasteiger partial charge is 1.00 e. The van der Waals surface area contributed by atoms with Gasteiger partial charge in [-0.3, -0.25) is 4.79 Å². The summed E-state index contributed by atoms with van der Waals surface area (Å²) >= 11 is 0. The molecule has 0 spiro atoms. The van der Waals surface area contributed by atoms with E-state index in [0.29, 0.717) is 0 Å². The molecule has 1 aliphatic heterocycles. The van der Waals surface area contributed by atoms with Crippen LogP contribution in [-0.2, 0) is 4.79 Å². The van der Waals surface area contributed by atoms with Crippen molar-refractivity contribution in [2.45, 2.75) is 0 Å². The maximum atomic E-state index is 12.9. The number of hydrogen-bond acceptors (Lipinski definition) is 1. The summed E-state index contributed by atoms with van der Waals surface area (Å²) in [4.78, 5) is 12.9. The van der Waals surface area contributed by atoms with E-state index < -0.39 is 0 Å². The van der Waals surface area contributed by atoms with Crippen LogP contribution in [0.5, 0.6) is 0 Å². The minimum atomic E-state index is 0. The van der Waals surface area contributed by atoms with Crippen molar-refractivity contribution in [2.24, 2.45) is 0 Å². The van der Waals surface area contributed by atoms with Crippen molar-refractivity contribution in [3.05, 3.63) is 107 Å². The van der Waals surface area contributed by atoms with Gasteiger partial charge in [-0.2, -0.15) is 0 Å². The van der Waals surface area contributed by atoms with Crippen LogP contribution >= 0.6 is 0 Å². The second-order valence-electron chi connectivity index (χ2n) is 7.50. The summed E-state index contributed by atoms with van der Waals surface area (Å²) in [5.41, 5.74) is 3.98. The predicted octanol–water partition coefficient (Wildman–Crippen LogP) is 1.93. The van der Waals surface area contributed by atoms with Gasteiger partial charge in [0, 0.05) is 0 Å². The highest BCUT2D eigenvalue weighted by atomic mass is 127. The summed E-state index contributed by atoms with van der Waals surface area (Å²) in [5, 5.41) is 0. The molecule has 1 fully saturated rings. The van der Waals surface area contributed by atoms with Crippen LogP contribution in [0.25, 0.3) is 12.2 Å². The number of ketones is 1. The van der Waals surface area contributed by atoms with Crippen LogP contribution in [-0.4, -0.2) is 37.5 Å². The normalized spacial score (nSPS) is 19.4. The van der Waals surface area contributed by atoms with Crippen molar-refractivity contribution in [3.63, 3.8) is 0 Å². The number of rotatable bonds is 4. The van der Waals surface area contributed by atoms with E-state index in [1.807, 2.05) is 72.9 Å². The van der Waals surface area contributed by atoms with Crippen molar-refractivity contribution in [1.29, 1.82) is 0 Å². The zero-order valence-corrected chi connectivity index (χ0v) is 18.5. The van der Waals surface area contributed by atoms with Crippen molar-refractivity contribution in [1.82, 2.24) is 0 Å². The van der Waals surface area contributed by atoms with Gasteiger partial charge in [-0.25, -0.2) is 0 Å². The Morgan fingerprint density at radius 1 is 0.714 bits per heavy atom. The number of likely N-dealkylation sites (tertiary alicyclic amines) is 1. The van der Waals surface area contributed by atoms with Crippen LogP contribution < -0.4 is 24.0 Å². The van der Waals surface area contributed by atoms with E-state index in [2.05, 4.69) is 38.4 Å². The maximum Gasteiger partial charge on any atom is 0.196 e. The number of halogens is 1. The van der Waals surface area contributed by atoms with Crippen molar-refractivity contribution >= 4 is 17.9 Å². The molecule has 144 valence electrons. The second-order valence-corrected chi connectivity index (χ2v) is 7.50. The molecule has 0 unspecified atom stereocenters. The highest BCUT2D eigenvalue weighted by Gasteiger charge is 2.32. The SMILES string of the molecule is C[N+]1(C)C/C(=C/C=C/c2ccccc2)C(=O)/C(=C/C=C/c2ccccc2)C1.[I-]. The molecule has 0 N–H and O–H groups in total. The molecular formula is C25H26INO. The zero-order chi connectivity index (χ0) is 19.1. The van der Waals surface area contributed by atoms with Crippen LogP contribution in [0.3, 0.4) is 0 Å². The Kier molecular flexibility index (Phi) is 8.15. The van der Waals surface area contributed by atoms with Gasteiger partial charge in [0.05, 0.1) is 25.2 Å². The van der Waals surface area contributed by atoms with Crippen LogP contribution in [0.1, 0.15) is 11.1 Å². The fourth-order valence-corrected chi connectivity index (χ4v) is 3.26. The number of likely N-dealkylation sites (N-methyl/N-ethyl adjacent to an activating group) is 1. The molecule has 3 heteroatoms. The average molecular weight is 483 g/mol. The average Bonchev–Trinajstić information content (AvgIpc) is 2.66. The Hall–Kier alpha value is -2.24. The van der Waals surface area contributed by atoms with E-state index in [-0.39, 0.29) is 29.8 Å². The molecule has 1 heterocycles. The molecular weight excluding hydrogens is 457 g/mol. The van der Waals surface area contributed by atoms with Gasteiger partial charge in [0.25, 0.3) is 0 Å². The first-order chi connectivity index (χ1) is 13.0. The minimum absolute atomic E-state index is 0. The van der Waals surface area contributed by atoms with Gasteiger partial charge in [0.15, 0.2) is 5.78 Å². The molecule has 2 aromatic rings. The Labute approximate surface area is 185 Å². The van der Waals surface area contributed by atoms with Gasteiger partial charge in [0.2, 0.25) is 0 Å². The van der Waals surface area contributed by atoms with Gasteiger partial charge in [-0.1, -0.05) is 85.0 Å². The third kappa shape index (κ3) is 6.43. The molecule has 0 radical (unpaired) electrons. The number of carbonyl (C=O) groups excluding carboxylic acids is 1. The summed E-state index contributed by atoms with van der Waals surface area (Å²) in [6, 6.07) is 20.3.